The minimum atomic E-state index is -0.820. The Kier molecular flexibility index (Phi) is 2.71. The minimum absolute atomic E-state index is 0.0541. The van der Waals surface area contributed by atoms with E-state index in [9.17, 15) is 4.79 Å². The SMILES string of the molecule is Cc1noc2c1C(CN)(CC(=O)O)CCC2. The van der Waals surface area contributed by atoms with Gasteiger partial charge in [-0.2, -0.15) is 0 Å². The van der Waals surface area contributed by atoms with E-state index in [1.165, 1.54) is 0 Å². The first-order chi connectivity index (χ1) is 7.59. The van der Waals surface area contributed by atoms with Crippen molar-refractivity contribution in [1.82, 2.24) is 5.16 Å². The highest BCUT2D eigenvalue weighted by Crippen LogP contribution is 2.41. The molecule has 1 aromatic rings. The molecule has 0 saturated carbocycles. The number of nitrogens with zero attached hydrogens (tertiary/aromatic N) is 1. The number of carboxylic acids is 1. The number of aryl methyl sites for hydroxylation is 2. The van der Waals surface area contributed by atoms with Crippen LogP contribution < -0.4 is 5.73 Å². The third-order valence-electron chi connectivity index (χ3n) is 3.40. The van der Waals surface area contributed by atoms with Crippen molar-refractivity contribution in [3.05, 3.63) is 17.0 Å². The van der Waals surface area contributed by atoms with Crippen LogP contribution in [0.15, 0.2) is 4.52 Å². The van der Waals surface area contributed by atoms with Crippen molar-refractivity contribution < 1.29 is 14.4 Å². The molecule has 3 N–H and O–H groups in total. The van der Waals surface area contributed by atoms with Gasteiger partial charge in [0, 0.05) is 23.9 Å². The molecule has 1 aliphatic rings. The maximum atomic E-state index is 11.0. The number of aromatic nitrogens is 1. The summed E-state index contributed by atoms with van der Waals surface area (Å²) in [4.78, 5) is 11.0. The molecular formula is C11H16N2O3. The summed E-state index contributed by atoms with van der Waals surface area (Å²) in [5.41, 5.74) is 7.03. The van der Waals surface area contributed by atoms with Gasteiger partial charge in [-0.3, -0.25) is 4.79 Å². The van der Waals surface area contributed by atoms with Crippen LogP contribution in [-0.2, 0) is 16.6 Å². The highest BCUT2D eigenvalue weighted by atomic mass is 16.5. The Balaban J connectivity index is 2.47. The molecule has 1 aliphatic carbocycles. The monoisotopic (exact) mass is 224 g/mol. The Morgan fingerprint density at radius 1 is 1.69 bits per heavy atom. The second-order valence-electron chi connectivity index (χ2n) is 4.47. The van der Waals surface area contributed by atoms with Crippen molar-refractivity contribution >= 4 is 5.97 Å². The molecule has 16 heavy (non-hydrogen) atoms. The lowest BCUT2D eigenvalue weighted by Crippen LogP contribution is -2.40. The van der Waals surface area contributed by atoms with Crippen molar-refractivity contribution in [1.29, 1.82) is 0 Å². The summed E-state index contributed by atoms with van der Waals surface area (Å²) in [5, 5.41) is 12.9. The van der Waals surface area contributed by atoms with Crippen LogP contribution in [0.2, 0.25) is 0 Å². The molecule has 5 heteroatoms. The summed E-state index contributed by atoms with van der Waals surface area (Å²) >= 11 is 0. The lowest BCUT2D eigenvalue weighted by atomic mass is 9.69. The highest BCUT2D eigenvalue weighted by Gasteiger charge is 2.41. The van der Waals surface area contributed by atoms with Crippen molar-refractivity contribution in [3.63, 3.8) is 0 Å². The van der Waals surface area contributed by atoms with E-state index >= 15 is 0 Å². The molecule has 0 fully saturated rings. The predicted octanol–water partition coefficient (Wildman–Crippen LogP) is 0.991. The zero-order valence-electron chi connectivity index (χ0n) is 9.32. The largest absolute Gasteiger partial charge is 0.481 e. The van der Waals surface area contributed by atoms with E-state index in [1.807, 2.05) is 6.92 Å². The van der Waals surface area contributed by atoms with E-state index in [2.05, 4.69) is 5.16 Å². The van der Waals surface area contributed by atoms with Crippen molar-refractivity contribution in [2.45, 2.75) is 38.0 Å². The van der Waals surface area contributed by atoms with E-state index in [-0.39, 0.29) is 6.42 Å². The van der Waals surface area contributed by atoms with E-state index < -0.39 is 11.4 Å². The van der Waals surface area contributed by atoms with Crippen LogP contribution in [0.1, 0.15) is 36.3 Å². The number of hydrogen-bond acceptors (Lipinski definition) is 4. The average Bonchev–Trinajstić information content (AvgIpc) is 2.61. The van der Waals surface area contributed by atoms with Gasteiger partial charge in [-0.05, 0) is 19.8 Å². The molecule has 0 aliphatic heterocycles. The number of rotatable bonds is 3. The van der Waals surface area contributed by atoms with Gasteiger partial charge in [-0.1, -0.05) is 5.16 Å². The Bertz CT molecular complexity index is 413. The van der Waals surface area contributed by atoms with E-state index in [4.69, 9.17) is 15.4 Å². The van der Waals surface area contributed by atoms with E-state index in [0.717, 1.165) is 36.3 Å². The van der Waals surface area contributed by atoms with Crippen LogP contribution in [0.3, 0.4) is 0 Å². The van der Waals surface area contributed by atoms with Crippen molar-refractivity contribution in [3.8, 4) is 0 Å². The third-order valence-corrected chi connectivity index (χ3v) is 3.40. The van der Waals surface area contributed by atoms with Gasteiger partial charge in [0.1, 0.15) is 5.76 Å². The average molecular weight is 224 g/mol. The van der Waals surface area contributed by atoms with Crippen LogP contribution >= 0.6 is 0 Å². The zero-order chi connectivity index (χ0) is 11.8. The first-order valence-electron chi connectivity index (χ1n) is 5.46. The molecule has 5 nitrogen and oxygen atoms in total. The van der Waals surface area contributed by atoms with Crippen LogP contribution in [-0.4, -0.2) is 22.8 Å². The molecule has 0 spiro atoms. The fourth-order valence-electron chi connectivity index (χ4n) is 2.72. The van der Waals surface area contributed by atoms with Gasteiger partial charge in [0.2, 0.25) is 0 Å². The molecule has 1 unspecified atom stereocenters. The molecule has 0 radical (unpaired) electrons. The van der Waals surface area contributed by atoms with Crippen molar-refractivity contribution in [2.75, 3.05) is 6.54 Å². The van der Waals surface area contributed by atoms with Crippen LogP contribution in [0.5, 0.6) is 0 Å². The number of aliphatic carboxylic acids is 1. The topological polar surface area (TPSA) is 89.4 Å². The van der Waals surface area contributed by atoms with E-state index in [1.54, 1.807) is 0 Å². The van der Waals surface area contributed by atoms with Crippen molar-refractivity contribution in [2.24, 2.45) is 5.73 Å². The summed E-state index contributed by atoms with van der Waals surface area (Å²) in [5.74, 6) is -0.00523. The van der Waals surface area contributed by atoms with Crippen LogP contribution in [0.4, 0.5) is 0 Å². The number of nitrogens with two attached hydrogens (primary N) is 1. The van der Waals surface area contributed by atoms with Crippen LogP contribution in [0, 0.1) is 6.92 Å². The molecule has 1 heterocycles. The first kappa shape index (κ1) is 11.1. The second-order valence-corrected chi connectivity index (χ2v) is 4.47. The fourth-order valence-corrected chi connectivity index (χ4v) is 2.72. The Morgan fingerprint density at radius 2 is 2.44 bits per heavy atom. The van der Waals surface area contributed by atoms with Gasteiger partial charge < -0.3 is 15.4 Å². The minimum Gasteiger partial charge on any atom is -0.481 e. The second kappa shape index (κ2) is 3.90. The summed E-state index contributed by atoms with van der Waals surface area (Å²) in [6, 6.07) is 0. The molecule has 0 amide bonds. The quantitative estimate of drug-likeness (QED) is 0.799. The first-order valence-corrected chi connectivity index (χ1v) is 5.46. The molecule has 0 aromatic carbocycles. The maximum Gasteiger partial charge on any atom is 0.304 e. The summed E-state index contributed by atoms with van der Waals surface area (Å²) < 4.78 is 5.23. The summed E-state index contributed by atoms with van der Waals surface area (Å²) in [7, 11) is 0. The number of hydrogen-bond donors (Lipinski definition) is 2. The zero-order valence-corrected chi connectivity index (χ0v) is 9.32. The lowest BCUT2D eigenvalue weighted by Gasteiger charge is -2.34. The molecular weight excluding hydrogens is 208 g/mol. The highest BCUT2D eigenvalue weighted by molar-refractivity contribution is 5.69. The normalized spacial score (nSPS) is 24.1. The standard InChI is InChI=1S/C11H16N2O3/c1-7-10-8(16-13-7)3-2-4-11(10,6-12)5-9(14)15/h2-6,12H2,1H3,(H,14,15). The van der Waals surface area contributed by atoms with Gasteiger partial charge in [-0.25, -0.2) is 0 Å². The molecule has 88 valence electrons. The molecule has 0 saturated heterocycles. The maximum absolute atomic E-state index is 11.0. The fraction of sp³-hybridized carbons (Fsp3) is 0.636. The van der Waals surface area contributed by atoms with E-state index in [0.29, 0.717) is 6.54 Å². The molecule has 0 bridgehead atoms. The number of fused-ring (bicyclic) bond motifs is 1. The smallest absolute Gasteiger partial charge is 0.304 e. The van der Waals surface area contributed by atoms with Crippen LogP contribution in [0.25, 0.3) is 0 Å². The lowest BCUT2D eigenvalue weighted by molar-refractivity contribution is -0.138. The van der Waals surface area contributed by atoms with Gasteiger partial charge in [0.05, 0.1) is 12.1 Å². The Hall–Kier alpha value is -1.36. The predicted molar refractivity (Wildman–Crippen MR) is 57.2 cm³/mol. The van der Waals surface area contributed by atoms with Gasteiger partial charge in [-0.15, -0.1) is 0 Å². The Morgan fingerprint density at radius 3 is 3.06 bits per heavy atom. The van der Waals surface area contributed by atoms with Gasteiger partial charge >= 0.3 is 5.97 Å². The van der Waals surface area contributed by atoms with Gasteiger partial charge in [0.15, 0.2) is 0 Å². The number of carboxylic acid groups (broad SMARTS) is 1. The molecule has 2 rings (SSSR count). The van der Waals surface area contributed by atoms with Gasteiger partial charge in [0.25, 0.3) is 0 Å². The number of carbonyl (C=O) groups is 1. The molecule has 1 aromatic heterocycles. The summed E-state index contributed by atoms with van der Waals surface area (Å²) in [6.45, 7) is 2.17. The third kappa shape index (κ3) is 1.61. The summed E-state index contributed by atoms with van der Waals surface area (Å²) in [6.07, 6.45) is 2.59. The molecule has 1 atom stereocenters. The Labute approximate surface area is 93.6 Å².